The number of rotatable bonds is 7. The third kappa shape index (κ3) is 6.33. The number of ether oxygens (including phenoxy) is 1. The van der Waals surface area contributed by atoms with Gasteiger partial charge in [0.2, 0.25) is 15.9 Å². The van der Waals surface area contributed by atoms with E-state index < -0.39 is 15.9 Å². The van der Waals surface area contributed by atoms with Gasteiger partial charge in [0.05, 0.1) is 25.6 Å². The molecule has 0 spiro atoms. The van der Waals surface area contributed by atoms with Crippen LogP contribution in [-0.2, 0) is 24.4 Å². The molecule has 0 unspecified atom stereocenters. The van der Waals surface area contributed by atoms with E-state index in [0.29, 0.717) is 38.8 Å². The summed E-state index contributed by atoms with van der Waals surface area (Å²) in [5.74, 6) is -0.320. The summed E-state index contributed by atoms with van der Waals surface area (Å²) in [6, 6.07) is 0. The van der Waals surface area contributed by atoms with Crippen molar-refractivity contribution < 1.29 is 22.8 Å². The minimum absolute atomic E-state index is 0.0994. The fraction of sp³-hybridized carbons (Fsp3) is 0.909. The van der Waals surface area contributed by atoms with Crippen LogP contribution in [0.1, 0.15) is 20.3 Å². The first-order chi connectivity index (χ1) is 8.92. The van der Waals surface area contributed by atoms with Gasteiger partial charge in [0, 0.05) is 19.5 Å². The fourth-order valence-corrected chi connectivity index (χ4v) is 2.92. The Morgan fingerprint density at radius 1 is 1.37 bits per heavy atom. The monoisotopic (exact) mass is 294 g/mol. The van der Waals surface area contributed by atoms with Gasteiger partial charge in [-0.2, -0.15) is 4.31 Å². The molecule has 1 N–H and O–H groups in total. The van der Waals surface area contributed by atoms with Crippen molar-refractivity contribution in [2.24, 2.45) is 5.92 Å². The number of nitrogens with one attached hydrogen (secondary N) is 1. The number of carbonyl (C=O) groups excluding carboxylic acids is 1. The first-order valence-electron chi connectivity index (χ1n) is 6.38. The highest BCUT2D eigenvalue weighted by atomic mass is 32.2. The number of hydrogen-bond acceptors (Lipinski definition) is 5. The molecule has 0 aromatic carbocycles. The zero-order valence-corrected chi connectivity index (χ0v) is 12.2. The summed E-state index contributed by atoms with van der Waals surface area (Å²) in [5, 5.41) is 0. The van der Waals surface area contributed by atoms with Gasteiger partial charge in [0.25, 0.3) is 0 Å². The molecule has 0 radical (unpaired) electrons. The molecule has 0 aromatic rings. The number of amides is 1. The van der Waals surface area contributed by atoms with E-state index in [-0.39, 0.29) is 12.2 Å². The van der Waals surface area contributed by atoms with E-state index in [0.717, 1.165) is 0 Å². The highest BCUT2D eigenvalue weighted by Gasteiger charge is 2.24. The van der Waals surface area contributed by atoms with Gasteiger partial charge in [0.1, 0.15) is 0 Å². The summed E-state index contributed by atoms with van der Waals surface area (Å²) in [6.45, 7) is 5.83. The van der Waals surface area contributed by atoms with Gasteiger partial charge in [-0.15, -0.1) is 0 Å². The van der Waals surface area contributed by atoms with E-state index in [1.165, 1.54) is 4.31 Å². The van der Waals surface area contributed by atoms with Crippen LogP contribution in [-0.4, -0.2) is 57.3 Å². The average Bonchev–Trinajstić information content (AvgIpc) is 2.37. The Labute approximate surface area is 114 Å². The SMILES string of the molecule is CC(C)CONC(=O)CCS(=O)(=O)N1CCOCC1. The third-order valence-electron chi connectivity index (χ3n) is 2.55. The molecule has 1 aliphatic heterocycles. The van der Waals surface area contributed by atoms with E-state index in [4.69, 9.17) is 9.57 Å². The van der Waals surface area contributed by atoms with Crippen LogP contribution in [0, 0.1) is 5.92 Å². The molecule has 1 fully saturated rings. The smallest absolute Gasteiger partial charge is 0.244 e. The van der Waals surface area contributed by atoms with Gasteiger partial charge < -0.3 is 4.74 Å². The van der Waals surface area contributed by atoms with Crippen LogP contribution in [0.3, 0.4) is 0 Å². The molecule has 112 valence electrons. The molecule has 8 heteroatoms. The molecule has 1 rings (SSSR count). The van der Waals surface area contributed by atoms with Crippen LogP contribution in [0.25, 0.3) is 0 Å². The summed E-state index contributed by atoms with van der Waals surface area (Å²) in [4.78, 5) is 16.3. The number of hydrogen-bond donors (Lipinski definition) is 1. The van der Waals surface area contributed by atoms with Crippen LogP contribution in [0.15, 0.2) is 0 Å². The van der Waals surface area contributed by atoms with Gasteiger partial charge in [0.15, 0.2) is 0 Å². The van der Waals surface area contributed by atoms with Crippen molar-refractivity contribution in [3.05, 3.63) is 0 Å². The zero-order chi connectivity index (χ0) is 14.3. The highest BCUT2D eigenvalue weighted by molar-refractivity contribution is 7.89. The summed E-state index contributed by atoms with van der Waals surface area (Å²) in [6.07, 6.45) is -0.0994. The lowest BCUT2D eigenvalue weighted by molar-refractivity contribution is -0.133. The molecule has 0 saturated carbocycles. The minimum Gasteiger partial charge on any atom is -0.379 e. The Kier molecular flexibility index (Phi) is 6.70. The molecule has 7 nitrogen and oxygen atoms in total. The molecular formula is C11H22N2O5S. The minimum atomic E-state index is -3.38. The summed E-state index contributed by atoms with van der Waals surface area (Å²) >= 11 is 0. The molecule has 0 atom stereocenters. The topological polar surface area (TPSA) is 84.9 Å². The van der Waals surface area contributed by atoms with Crippen molar-refractivity contribution in [1.29, 1.82) is 0 Å². The van der Waals surface area contributed by atoms with Crippen molar-refractivity contribution >= 4 is 15.9 Å². The lowest BCUT2D eigenvalue weighted by atomic mass is 10.2. The van der Waals surface area contributed by atoms with E-state index >= 15 is 0 Å². The van der Waals surface area contributed by atoms with E-state index in [9.17, 15) is 13.2 Å². The lowest BCUT2D eigenvalue weighted by Gasteiger charge is -2.25. The normalized spacial score (nSPS) is 17.6. The third-order valence-corrected chi connectivity index (χ3v) is 4.43. The fourth-order valence-electron chi connectivity index (χ4n) is 1.52. The molecule has 1 aliphatic rings. The molecule has 0 aliphatic carbocycles. The number of morpholine rings is 1. The average molecular weight is 294 g/mol. The van der Waals surface area contributed by atoms with Crippen LogP contribution in [0.5, 0.6) is 0 Å². The second kappa shape index (κ2) is 7.78. The second-order valence-corrected chi connectivity index (χ2v) is 6.90. The van der Waals surface area contributed by atoms with Gasteiger partial charge in [-0.05, 0) is 5.92 Å². The predicted octanol–water partition coefficient (Wildman–Crippen LogP) is -0.258. The molecule has 1 heterocycles. The van der Waals surface area contributed by atoms with Crippen LogP contribution < -0.4 is 5.48 Å². The van der Waals surface area contributed by atoms with Crippen LogP contribution in [0.4, 0.5) is 0 Å². The maximum absolute atomic E-state index is 11.9. The zero-order valence-electron chi connectivity index (χ0n) is 11.4. The first-order valence-corrected chi connectivity index (χ1v) is 7.99. The second-order valence-electron chi connectivity index (χ2n) is 4.81. The molecule has 19 heavy (non-hydrogen) atoms. The van der Waals surface area contributed by atoms with Gasteiger partial charge in [-0.1, -0.05) is 13.8 Å². The van der Waals surface area contributed by atoms with Crippen molar-refractivity contribution in [2.45, 2.75) is 20.3 Å². The molecule has 0 aromatic heterocycles. The van der Waals surface area contributed by atoms with Crippen molar-refractivity contribution in [3.63, 3.8) is 0 Å². The van der Waals surface area contributed by atoms with Crippen molar-refractivity contribution in [1.82, 2.24) is 9.79 Å². The molecular weight excluding hydrogens is 272 g/mol. The largest absolute Gasteiger partial charge is 0.379 e. The Bertz CT molecular complexity index is 377. The summed E-state index contributed by atoms with van der Waals surface area (Å²) in [5.41, 5.74) is 2.24. The molecule has 0 bridgehead atoms. The summed E-state index contributed by atoms with van der Waals surface area (Å²) < 4.78 is 30.3. The maximum atomic E-state index is 11.9. The lowest BCUT2D eigenvalue weighted by Crippen LogP contribution is -2.42. The van der Waals surface area contributed by atoms with Crippen LogP contribution in [0.2, 0.25) is 0 Å². The van der Waals surface area contributed by atoms with E-state index in [1.807, 2.05) is 13.8 Å². The Hall–Kier alpha value is -0.700. The molecule has 1 amide bonds. The standard InChI is InChI=1S/C11H22N2O5S/c1-10(2)9-18-12-11(14)3-8-19(15,16)13-4-6-17-7-5-13/h10H,3-9H2,1-2H3,(H,12,14). The molecule has 1 saturated heterocycles. The quantitative estimate of drug-likeness (QED) is 0.654. The highest BCUT2D eigenvalue weighted by Crippen LogP contribution is 2.06. The van der Waals surface area contributed by atoms with Gasteiger partial charge in [-0.25, -0.2) is 13.9 Å². The van der Waals surface area contributed by atoms with Crippen molar-refractivity contribution in [2.75, 3.05) is 38.7 Å². The van der Waals surface area contributed by atoms with Gasteiger partial charge in [-0.3, -0.25) is 9.63 Å². The van der Waals surface area contributed by atoms with Crippen LogP contribution >= 0.6 is 0 Å². The van der Waals surface area contributed by atoms with Gasteiger partial charge >= 0.3 is 0 Å². The predicted molar refractivity (Wildman–Crippen MR) is 69.7 cm³/mol. The summed E-state index contributed by atoms with van der Waals surface area (Å²) in [7, 11) is -3.38. The first kappa shape index (κ1) is 16.4. The number of nitrogens with zero attached hydrogens (tertiary/aromatic N) is 1. The Morgan fingerprint density at radius 3 is 2.58 bits per heavy atom. The van der Waals surface area contributed by atoms with E-state index in [2.05, 4.69) is 5.48 Å². The number of hydroxylamine groups is 1. The van der Waals surface area contributed by atoms with E-state index in [1.54, 1.807) is 0 Å². The van der Waals surface area contributed by atoms with Crippen molar-refractivity contribution in [3.8, 4) is 0 Å². The maximum Gasteiger partial charge on any atom is 0.244 e. The number of carbonyl (C=O) groups is 1. The number of sulfonamides is 1. The Morgan fingerprint density at radius 2 is 2.00 bits per heavy atom. The Balaban J connectivity index is 2.28.